The molecule has 4 atom stereocenters. The Balaban J connectivity index is 2.10. The van der Waals surface area contributed by atoms with Crippen LogP contribution in [0, 0.1) is 5.92 Å². The van der Waals surface area contributed by atoms with E-state index in [-0.39, 0.29) is 23.8 Å². The van der Waals surface area contributed by atoms with Gasteiger partial charge in [0.05, 0.1) is 17.8 Å². The Labute approximate surface area is 143 Å². The van der Waals surface area contributed by atoms with Crippen molar-refractivity contribution in [3.05, 3.63) is 23.8 Å². The van der Waals surface area contributed by atoms with Gasteiger partial charge in [0, 0.05) is 0 Å². The molecule has 0 saturated heterocycles. The molecule has 0 aromatic heterocycles. The molecule has 1 aliphatic heterocycles. The molecule has 6 nitrogen and oxygen atoms in total. The van der Waals surface area contributed by atoms with Crippen LogP contribution >= 0.6 is 0 Å². The minimum absolute atomic E-state index is 0.126. The van der Waals surface area contributed by atoms with Crippen LogP contribution in [-0.2, 0) is 9.59 Å². The molecule has 1 heterocycles. The van der Waals surface area contributed by atoms with Crippen LogP contribution in [-0.4, -0.2) is 24.0 Å². The monoisotopic (exact) mass is 333 g/mol. The first-order chi connectivity index (χ1) is 11.4. The predicted molar refractivity (Wildman–Crippen MR) is 93.8 cm³/mol. The summed E-state index contributed by atoms with van der Waals surface area (Å²) < 4.78 is 5.74. The summed E-state index contributed by atoms with van der Waals surface area (Å²) >= 11 is 0. The largest absolute Gasteiger partial charge is 0.478 e. The van der Waals surface area contributed by atoms with Crippen LogP contribution in [0.3, 0.4) is 0 Å². The highest BCUT2D eigenvalue weighted by Gasteiger charge is 2.27. The molecule has 1 aromatic carbocycles. The van der Waals surface area contributed by atoms with E-state index in [4.69, 9.17) is 10.5 Å². The molecule has 132 valence electrons. The molecule has 0 radical (unpaired) electrons. The summed E-state index contributed by atoms with van der Waals surface area (Å²) in [7, 11) is 0. The molecule has 4 unspecified atom stereocenters. The third-order valence-corrected chi connectivity index (χ3v) is 4.61. The van der Waals surface area contributed by atoms with Gasteiger partial charge in [-0.2, -0.15) is 0 Å². The van der Waals surface area contributed by atoms with E-state index in [1.54, 1.807) is 6.07 Å². The number of benzene rings is 1. The van der Waals surface area contributed by atoms with Gasteiger partial charge in [-0.05, 0) is 37.0 Å². The summed E-state index contributed by atoms with van der Waals surface area (Å²) in [4.78, 5) is 24.0. The van der Waals surface area contributed by atoms with Gasteiger partial charge >= 0.3 is 0 Å². The highest BCUT2D eigenvalue weighted by atomic mass is 16.5. The van der Waals surface area contributed by atoms with Crippen LogP contribution in [0.1, 0.15) is 52.1 Å². The summed E-state index contributed by atoms with van der Waals surface area (Å²) in [6.45, 7) is 7.79. The Morgan fingerprint density at radius 1 is 1.38 bits per heavy atom. The highest BCUT2D eigenvalue weighted by molar-refractivity contribution is 5.97. The lowest BCUT2D eigenvalue weighted by Crippen LogP contribution is -2.45. The fourth-order valence-corrected chi connectivity index (χ4v) is 2.60. The standard InChI is InChI=1S/C18H27N3O3/c1-5-10(3)16(19)18(23)20-11(4)12-7-8-13-15(9-12)24-14(6-2)17(22)21-13/h7-11,14,16H,5-6,19H2,1-4H3,(H,20,23)(H,21,22). The van der Waals surface area contributed by atoms with Crippen molar-refractivity contribution in [2.24, 2.45) is 11.7 Å². The molecule has 6 heteroatoms. The van der Waals surface area contributed by atoms with Crippen LogP contribution in [0.2, 0.25) is 0 Å². The van der Waals surface area contributed by atoms with Crippen molar-refractivity contribution >= 4 is 17.5 Å². The number of rotatable bonds is 6. The topological polar surface area (TPSA) is 93.4 Å². The molecular weight excluding hydrogens is 306 g/mol. The van der Waals surface area contributed by atoms with E-state index in [1.165, 1.54) is 0 Å². The first-order valence-corrected chi connectivity index (χ1v) is 8.54. The number of anilines is 1. The number of carbonyl (C=O) groups excluding carboxylic acids is 2. The quantitative estimate of drug-likeness (QED) is 0.745. The van der Waals surface area contributed by atoms with Crippen molar-refractivity contribution in [1.82, 2.24) is 5.32 Å². The summed E-state index contributed by atoms with van der Waals surface area (Å²) in [5.41, 5.74) is 7.54. The molecule has 0 spiro atoms. The van der Waals surface area contributed by atoms with E-state index in [0.29, 0.717) is 17.9 Å². The van der Waals surface area contributed by atoms with Crippen molar-refractivity contribution in [2.45, 2.75) is 58.7 Å². The Kier molecular flexibility index (Phi) is 5.83. The average Bonchev–Trinajstić information content (AvgIpc) is 2.59. The molecule has 0 aliphatic carbocycles. The van der Waals surface area contributed by atoms with Crippen molar-refractivity contribution in [1.29, 1.82) is 0 Å². The fourth-order valence-electron chi connectivity index (χ4n) is 2.60. The summed E-state index contributed by atoms with van der Waals surface area (Å²) in [5.74, 6) is 0.477. The summed E-state index contributed by atoms with van der Waals surface area (Å²) in [5, 5.41) is 5.78. The van der Waals surface area contributed by atoms with Gasteiger partial charge in [0.25, 0.3) is 5.91 Å². The number of fused-ring (bicyclic) bond motifs is 1. The van der Waals surface area contributed by atoms with Gasteiger partial charge < -0.3 is 21.1 Å². The Morgan fingerprint density at radius 2 is 2.08 bits per heavy atom. The van der Waals surface area contributed by atoms with Gasteiger partial charge in [0.2, 0.25) is 5.91 Å². The lowest BCUT2D eigenvalue weighted by molar-refractivity contribution is -0.124. The molecule has 0 fully saturated rings. The van der Waals surface area contributed by atoms with E-state index in [2.05, 4.69) is 10.6 Å². The molecule has 2 rings (SSSR count). The van der Waals surface area contributed by atoms with Crippen LogP contribution in [0.15, 0.2) is 18.2 Å². The predicted octanol–water partition coefficient (Wildman–Crippen LogP) is 2.35. The molecule has 1 aromatic rings. The van der Waals surface area contributed by atoms with Gasteiger partial charge in [-0.1, -0.05) is 33.3 Å². The smallest absolute Gasteiger partial charge is 0.265 e. The summed E-state index contributed by atoms with van der Waals surface area (Å²) in [6, 6.07) is 4.81. The Morgan fingerprint density at radius 3 is 2.71 bits per heavy atom. The Hall–Kier alpha value is -2.08. The SMILES string of the molecule is CCC1Oc2cc(C(C)NC(=O)C(N)C(C)CC)ccc2NC1=O. The van der Waals surface area contributed by atoms with Gasteiger partial charge in [-0.3, -0.25) is 9.59 Å². The van der Waals surface area contributed by atoms with Crippen molar-refractivity contribution < 1.29 is 14.3 Å². The van der Waals surface area contributed by atoms with E-state index >= 15 is 0 Å². The fraction of sp³-hybridized carbons (Fsp3) is 0.556. The highest BCUT2D eigenvalue weighted by Crippen LogP contribution is 2.33. The number of hydrogen-bond donors (Lipinski definition) is 3. The van der Waals surface area contributed by atoms with Gasteiger partial charge in [0.15, 0.2) is 6.10 Å². The molecule has 0 saturated carbocycles. The molecule has 1 aliphatic rings. The van der Waals surface area contributed by atoms with E-state index in [1.807, 2.05) is 39.8 Å². The van der Waals surface area contributed by atoms with Gasteiger partial charge in [-0.15, -0.1) is 0 Å². The summed E-state index contributed by atoms with van der Waals surface area (Å²) in [6.07, 6.45) is 0.982. The third-order valence-electron chi connectivity index (χ3n) is 4.61. The van der Waals surface area contributed by atoms with E-state index in [0.717, 1.165) is 12.0 Å². The average molecular weight is 333 g/mol. The molecular formula is C18H27N3O3. The number of amides is 2. The molecule has 24 heavy (non-hydrogen) atoms. The number of nitrogens with one attached hydrogen (secondary N) is 2. The van der Waals surface area contributed by atoms with Crippen LogP contribution in [0.25, 0.3) is 0 Å². The maximum atomic E-state index is 12.2. The molecule has 2 amide bonds. The third kappa shape index (κ3) is 3.87. The minimum atomic E-state index is -0.518. The lowest BCUT2D eigenvalue weighted by Gasteiger charge is -2.26. The maximum Gasteiger partial charge on any atom is 0.265 e. The van der Waals surface area contributed by atoms with E-state index in [9.17, 15) is 9.59 Å². The maximum absolute atomic E-state index is 12.2. The second-order valence-corrected chi connectivity index (χ2v) is 6.40. The number of carbonyl (C=O) groups is 2. The Bertz CT molecular complexity index is 618. The van der Waals surface area contributed by atoms with Crippen LogP contribution in [0.4, 0.5) is 5.69 Å². The van der Waals surface area contributed by atoms with Gasteiger partial charge in [0.1, 0.15) is 5.75 Å². The molecule has 0 bridgehead atoms. The van der Waals surface area contributed by atoms with E-state index < -0.39 is 12.1 Å². The van der Waals surface area contributed by atoms with Crippen molar-refractivity contribution in [2.75, 3.05) is 5.32 Å². The van der Waals surface area contributed by atoms with Crippen LogP contribution in [0.5, 0.6) is 5.75 Å². The zero-order chi connectivity index (χ0) is 17.9. The first kappa shape index (κ1) is 18.3. The van der Waals surface area contributed by atoms with Crippen LogP contribution < -0.4 is 21.1 Å². The molecule has 4 N–H and O–H groups in total. The first-order valence-electron chi connectivity index (χ1n) is 8.54. The number of nitrogens with two attached hydrogens (primary N) is 1. The zero-order valence-electron chi connectivity index (χ0n) is 14.8. The second kappa shape index (κ2) is 7.66. The zero-order valence-corrected chi connectivity index (χ0v) is 14.8. The lowest BCUT2D eigenvalue weighted by atomic mass is 9.98. The normalized spacial score (nSPS) is 20.2. The van der Waals surface area contributed by atoms with Gasteiger partial charge in [-0.25, -0.2) is 0 Å². The van der Waals surface area contributed by atoms with Crippen molar-refractivity contribution in [3.63, 3.8) is 0 Å². The van der Waals surface area contributed by atoms with Crippen molar-refractivity contribution in [3.8, 4) is 5.75 Å². The number of ether oxygens (including phenoxy) is 1. The number of hydrogen-bond acceptors (Lipinski definition) is 4. The minimum Gasteiger partial charge on any atom is -0.478 e. The second-order valence-electron chi connectivity index (χ2n) is 6.40.